The Bertz CT molecular complexity index is 778. The highest BCUT2D eigenvalue weighted by Crippen LogP contribution is 2.37. The van der Waals surface area contributed by atoms with E-state index in [9.17, 15) is 9.59 Å². The van der Waals surface area contributed by atoms with Crippen LogP contribution in [0.3, 0.4) is 0 Å². The zero-order valence-corrected chi connectivity index (χ0v) is 16.6. The Morgan fingerprint density at radius 2 is 1.96 bits per heavy atom. The van der Waals surface area contributed by atoms with Gasteiger partial charge < -0.3 is 15.1 Å². The summed E-state index contributed by atoms with van der Waals surface area (Å²) in [6.45, 7) is 2.00. The number of rotatable bonds is 5. The molecule has 1 aromatic rings. The Balaban J connectivity index is 1.89. The molecule has 0 fully saturated rings. The zero-order valence-electron chi connectivity index (χ0n) is 15.1. The lowest BCUT2D eigenvalue weighted by Crippen LogP contribution is -2.45. The van der Waals surface area contributed by atoms with Crippen molar-refractivity contribution in [3.8, 4) is 0 Å². The topological polar surface area (TPSA) is 55.9 Å². The Hall–Kier alpha value is -1.76. The van der Waals surface area contributed by atoms with Crippen molar-refractivity contribution in [2.24, 2.45) is 0 Å². The van der Waals surface area contributed by atoms with Gasteiger partial charge in [-0.05, 0) is 44.8 Å². The summed E-state index contributed by atoms with van der Waals surface area (Å²) in [5.74, 6) is -0.0401. The van der Waals surface area contributed by atoms with Crippen LogP contribution in [0.25, 0.3) is 0 Å². The second-order valence-corrected chi connectivity index (χ2v) is 7.67. The largest absolute Gasteiger partial charge is 0.333 e. The van der Waals surface area contributed by atoms with E-state index in [0.29, 0.717) is 28.7 Å². The summed E-state index contributed by atoms with van der Waals surface area (Å²) in [5, 5.41) is 3.73. The number of benzene rings is 1. The van der Waals surface area contributed by atoms with Crippen LogP contribution < -0.4 is 5.32 Å². The summed E-state index contributed by atoms with van der Waals surface area (Å²) in [6.07, 6.45) is 0.877. The summed E-state index contributed by atoms with van der Waals surface area (Å²) in [6, 6.07) is 4.42. The first-order valence-corrected chi connectivity index (χ1v) is 9.21. The number of hydrogen-bond donors (Lipinski definition) is 1. The molecule has 3 rings (SSSR count). The summed E-state index contributed by atoms with van der Waals surface area (Å²) in [5.41, 5.74) is 2.10. The van der Waals surface area contributed by atoms with Gasteiger partial charge >= 0.3 is 6.03 Å². The number of carbonyl (C=O) groups excluding carboxylic acids is 2. The average molecular weight is 397 g/mol. The molecule has 2 heterocycles. The van der Waals surface area contributed by atoms with Gasteiger partial charge in [-0.15, -0.1) is 0 Å². The highest BCUT2D eigenvalue weighted by atomic mass is 35.5. The van der Waals surface area contributed by atoms with Gasteiger partial charge in [-0.1, -0.05) is 29.3 Å². The summed E-state index contributed by atoms with van der Waals surface area (Å²) in [7, 11) is 5.70. The maximum atomic E-state index is 13.0. The van der Waals surface area contributed by atoms with Crippen molar-refractivity contribution in [2.45, 2.75) is 12.5 Å². The molecule has 0 radical (unpaired) electrons. The number of amides is 3. The molecule has 26 heavy (non-hydrogen) atoms. The molecular formula is C18H22Cl2N4O2. The number of hydrogen-bond acceptors (Lipinski definition) is 3. The molecule has 0 bridgehead atoms. The van der Waals surface area contributed by atoms with E-state index >= 15 is 0 Å². The van der Waals surface area contributed by atoms with Gasteiger partial charge in [0.25, 0.3) is 5.91 Å². The van der Waals surface area contributed by atoms with Gasteiger partial charge in [-0.25, -0.2) is 4.79 Å². The van der Waals surface area contributed by atoms with E-state index in [4.69, 9.17) is 23.2 Å². The van der Waals surface area contributed by atoms with Crippen LogP contribution in [0.2, 0.25) is 10.0 Å². The van der Waals surface area contributed by atoms with Crippen molar-refractivity contribution in [3.63, 3.8) is 0 Å². The van der Waals surface area contributed by atoms with E-state index in [-0.39, 0.29) is 11.9 Å². The number of nitrogens with zero attached hydrogens (tertiary/aromatic N) is 3. The molecular weight excluding hydrogens is 375 g/mol. The third kappa shape index (κ3) is 3.54. The van der Waals surface area contributed by atoms with Gasteiger partial charge in [0.1, 0.15) is 0 Å². The van der Waals surface area contributed by atoms with Crippen LogP contribution in [-0.4, -0.2) is 67.4 Å². The molecule has 1 aromatic carbocycles. The molecule has 0 aromatic heterocycles. The number of nitrogens with one attached hydrogen (secondary N) is 1. The van der Waals surface area contributed by atoms with Crippen molar-refractivity contribution in [1.29, 1.82) is 0 Å². The number of carbonyl (C=O) groups is 2. The summed E-state index contributed by atoms with van der Waals surface area (Å²) >= 11 is 12.1. The fraction of sp³-hybridized carbons (Fsp3) is 0.444. The quantitative estimate of drug-likeness (QED) is 0.832. The smallest absolute Gasteiger partial charge is 0.322 e. The van der Waals surface area contributed by atoms with E-state index in [1.165, 1.54) is 4.90 Å². The predicted molar refractivity (Wildman–Crippen MR) is 102 cm³/mol. The van der Waals surface area contributed by atoms with E-state index in [0.717, 1.165) is 24.2 Å². The molecule has 1 N–H and O–H groups in total. The third-order valence-corrected chi connectivity index (χ3v) is 5.48. The number of urea groups is 1. The van der Waals surface area contributed by atoms with Crippen LogP contribution in [-0.2, 0) is 4.79 Å². The minimum absolute atomic E-state index is 0.0401. The standard InChI is InChI=1S/C18H22Cl2N4O2/c1-22(2)7-4-8-24-10-14-15(17(24)25)16(21-18(26)23(14)3)11-5-6-12(19)13(20)9-11/h5-6,9,16H,4,7-8,10H2,1-3H3,(H,21,26). The normalized spacial score (nSPS) is 20.2. The first-order valence-electron chi connectivity index (χ1n) is 8.45. The summed E-state index contributed by atoms with van der Waals surface area (Å²) in [4.78, 5) is 30.8. The van der Waals surface area contributed by atoms with Crippen molar-refractivity contribution in [3.05, 3.63) is 45.1 Å². The second-order valence-electron chi connectivity index (χ2n) is 6.86. The highest BCUT2D eigenvalue weighted by Gasteiger charge is 2.42. The fourth-order valence-electron chi connectivity index (χ4n) is 3.32. The molecule has 3 amide bonds. The van der Waals surface area contributed by atoms with Crippen LogP contribution in [0.15, 0.2) is 29.5 Å². The van der Waals surface area contributed by atoms with Gasteiger partial charge in [-0.3, -0.25) is 9.69 Å². The van der Waals surface area contributed by atoms with E-state index in [1.54, 1.807) is 30.1 Å². The molecule has 0 spiro atoms. The average Bonchev–Trinajstić information content (AvgIpc) is 2.91. The van der Waals surface area contributed by atoms with Gasteiger partial charge in [0.15, 0.2) is 0 Å². The lowest BCUT2D eigenvalue weighted by Gasteiger charge is -2.31. The van der Waals surface area contributed by atoms with Gasteiger partial charge in [-0.2, -0.15) is 0 Å². The molecule has 2 aliphatic rings. The second kappa shape index (κ2) is 7.47. The van der Waals surface area contributed by atoms with Crippen LogP contribution in [0.1, 0.15) is 18.0 Å². The van der Waals surface area contributed by atoms with E-state index < -0.39 is 6.04 Å². The lowest BCUT2D eigenvalue weighted by molar-refractivity contribution is -0.125. The minimum Gasteiger partial charge on any atom is -0.333 e. The van der Waals surface area contributed by atoms with Crippen LogP contribution in [0, 0.1) is 0 Å². The highest BCUT2D eigenvalue weighted by molar-refractivity contribution is 6.42. The molecule has 0 saturated heterocycles. The van der Waals surface area contributed by atoms with Gasteiger partial charge in [0.05, 0.1) is 33.9 Å². The molecule has 8 heteroatoms. The molecule has 0 saturated carbocycles. The van der Waals surface area contributed by atoms with Crippen molar-refractivity contribution >= 4 is 35.1 Å². The van der Waals surface area contributed by atoms with Gasteiger partial charge in [0.2, 0.25) is 0 Å². The SMILES string of the molecule is CN(C)CCCN1CC2=C(C1=O)C(c1ccc(Cl)c(Cl)c1)NC(=O)N2C. The predicted octanol–water partition coefficient (Wildman–Crippen LogP) is 2.74. The zero-order chi connectivity index (χ0) is 19.0. The molecule has 1 unspecified atom stereocenters. The molecule has 1 atom stereocenters. The molecule has 6 nitrogen and oxygen atoms in total. The molecule has 0 aliphatic carbocycles. The van der Waals surface area contributed by atoms with Crippen LogP contribution in [0.4, 0.5) is 4.79 Å². The lowest BCUT2D eigenvalue weighted by atomic mass is 9.96. The molecule has 140 valence electrons. The van der Waals surface area contributed by atoms with E-state index in [2.05, 4.69) is 10.2 Å². The van der Waals surface area contributed by atoms with Crippen LogP contribution in [0.5, 0.6) is 0 Å². The number of likely N-dealkylation sites (N-methyl/N-ethyl adjacent to an activating group) is 1. The third-order valence-electron chi connectivity index (χ3n) is 4.75. The Kier molecular flexibility index (Phi) is 5.46. The Morgan fingerprint density at radius 1 is 1.23 bits per heavy atom. The fourth-order valence-corrected chi connectivity index (χ4v) is 3.63. The first-order chi connectivity index (χ1) is 12.3. The first kappa shape index (κ1) is 19.0. The summed E-state index contributed by atoms with van der Waals surface area (Å²) < 4.78 is 0. The van der Waals surface area contributed by atoms with E-state index in [1.807, 2.05) is 14.1 Å². The molecule has 2 aliphatic heterocycles. The number of halogens is 2. The van der Waals surface area contributed by atoms with Gasteiger partial charge in [0, 0.05) is 13.6 Å². The maximum absolute atomic E-state index is 13.0. The Labute approximate surface area is 163 Å². The maximum Gasteiger partial charge on any atom is 0.322 e. The van der Waals surface area contributed by atoms with Crippen molar-refractivity contribution in [1.82, 2.24) is 20.0 Å². The van der Waals surface area contributed by atoms with Crippen LogP contribution >= 0.6 is 23.2 Å². The van der Waals surface area contributed by atoms with Crippen molar-refractivity contribution < 1.29 is 9.59 Å². The minimum atomic E-state index is -0.519. The van der Waals surface area contributed by atoms with Crippen molar-refractivity contribution in [2.75, 3.05) is 40.8 Å². The Morgan fingerprint density at radius 3 is 2.62 bits per heavy atom. The monoisotopic (exact) mass is 396 g/mol.